The van der Waals surface area contributed by atoms with Gasteiger partial charge in [0.2, 0.25) is 0 Å². The molecule has 0 aromatic heterocycles. The Bertz CT molecular complexity index is 258. The number of rotatable bonds is 5. The van der Waals surface area contributed by atoms with Gasteiger partial charge in [-0.25, -0.2) is 0 Å². The SMILES string of the molecule is CNCC(O)COc1ccc(C)cc1. The van der Waals surface area contributed by atoms with Gasteiger partial charge in [0.05, 0.1) is 0 Å². The van der Waals surface area contributed by atoms with Gasteiger partial charge >= 0.3 is 0 Å². The lowest BCUT2D eigenvalue weighted by atomic mass is 10.2. The summed E-state index contributed by atoms with van der Waals surface area (Å²) < 4.78 is 5.39. The second-order valence-electron chi connectivity index (χ2n) is 3.34. The third kappa shape index (κ3) is 3.77. The summed E-state index contributed by atoms with van der Waals surface area (Å²) in [6.45, 7) is 2.90. The van der Waals surface area contributed by atoms with Crippen molar-refractivity contribution >= 4 is 0 Å². The molecule has 0 aliphatic heterocycles. The molecular formula is C11H17NO2. The molecule has 2 N–H and O–H groups in total. The maximum atomic E-state index is 9.38. The monoisotopic (exact) mass is 195 g/mol. The number of nitrogens with one attached hydrogen (secondary N) is 1. The predicted octanol–water partition coefficient (Wildman–Crippen LogP) is 0.954. The van der Waals surface area contributed by atoms with Crippen LogP contribution in [0.3, 0.4) is 0 Å². The Morgan fingerprint density at radius 2 is 2.00 bits per heavy atom. The van der Waals surface area contributed by atoms with E-state index in [0.29, 0.717) is 13.2 Å². The van der Waals surface area contributed by atoms with Gasteiger partial charge in [-0.2, -0.15) is 0 Å². The van der Waals surface area contributed by atoms with Crippen molar-refractivity contribution in [3.8, 4) is 5.75 Å². The van der Waals surface area contributed by atoms with Crippen LogP contribution in [-0.2, 0) is 0 Å². The van der Waals surface area contributed by atoms with Gasteiger partial charge < -0.3 is 15.2 Å². The number of aryl methyl sites for hydroxylation is 1. The number of likely N-dealkylation sites (N-methyl/N-ethyl adjacent to an activating group) is 1. The Balaban J connectivity index is 2.34. The zero-order chi connectivity index (χ0) is 10.4. The number of benzene rings is 1. The highest BCUT2D eigenvalue weighted by molar-refractivity contribution is 5.26. The van der Waals surface area contributed by atoms with Crippen LogP contribution >= 0.6 is 0 Å². The third-order valence-electron chi connectivity index (χ3n) is 1.90. The van der Waals surface area contributed by atoms with Crippen molar-refractivity contribution in [2.24, 2.45) is 0 Å². The first-order chi connectivity index (χ1) is 6.72. The van der Waals surface area contributed by atoms with Crippen LogP contribution in [0, 0.1) is 6.92 Å². The first-order valence-electron chi connectivity index (χ1n) is 4.74. The van der Waals surface area contributed by atoms with E-state index in [1.807, 2.05) is 31.2 Å². The van der Waals surface area contributed by atoms with E-state index in [0.717, 1.165) is 5.75 Å². The molecule has 1 unspecified atom stereocenters. The highest BCUT2D eigenvalue weighted by Gasteiger charge is 2.02. The molecule has 1 aromatic carbocycles. The summed E-state index contributed by atoms with van der Waals surface area (Å²) in [5.41, 5.74) is 1.20. The molecule has 1 rings (SSSR count). The van der Waals surface area contributed by atoms with Gasteiger partial charge in [-0.05, 0) is 26.1 Å². The van der Waals surface area contributed by atoms with Crippen LogP contribution in [-0.4, -0.2) is 31.4 Å². The summed E-state index contributed by atoms with van der Waals surface area (Å²) in [5.74, 6) is 0.797. The summed E-state index contributed by atoms with van der Waals surface area (Å²) in [5, 5.41) is 12.3. The molecular weight excluding hydrogens is 178 g/mol. The fourth-order valence-corrected chi connectivity index (χ4v) is 1.12. The molecule has 3 nitrogen and oxygen atoms in total. The average Bonchev–Trinajstić information content (AvgIpc) is 2.17. The number of ether oxygens (including phenoxy) is 1. The molecule has 0 fully saturated rings. The first kappa shape index (κ1) is 11.0. The zero-order valence-corrected chi connectivity index (χ0v) is 8.66. The van der Waals surface area contributed by atoms with Gasteiger partial charge in [0.15, 0.2) is 0 Å². The predicted molar refractivity (Wildman–Crippen MR) is 56.6 cm³/mol. The van der Waals surface area contributed by atoms with Crippen LogP contribution in [0.2, 0.25) is 0 Å². The highest BCUT2D eigenvalue weighted by atomic mass is 16.5. The van der Waals surface area contributed by atoms with Gasteiger partial charge in [0, 0.05) is 6.54 Å². The molecule has 0 saturated heterocycles. The fourth-order valence-electron chi connectivity index (χ4n) is 1.12. The highest BCUT2D eigenvalue weighted by Crippen LogP contribution is 2.11. The normalized spacial score (nSPS) is 12.5. The van der Waals surface area contributed by atoms with Gasteiger partial charge in [-0.1, -0.05) is 17.7 Å². The second kappa shape index (κ2) is 5.62. The smallest absolute Gasteiger partial charge is 0.119 e. The van der Waals surface area contributed by atoms with E-state index in [1.165, 1.54) is 5.56 Å². The largest absolute Gasteiger partial charge is 0.491 e. The van der Waals surface area contributed by atoms with Crippen LogP contribution in [0.25, 0.3) is 0 Å². The minimum absolute atomic E-state index is 0.323. The van der Waals surface area contributed by atoms with Gasteiger partial charge in [-0.15, -0.1) is 0 Å². The van der Waals surface area contributed by atoms with Gasteiger partial charge in [-0.3, -0.25) is 0 Å². The molecule has 0 saturated carbocycles. The summed E-state index contributed by atoms with van der Waals surface area (Å²) in [7, 11) is 1.80. The maximum Gasteiger partial charge on any atom is 0.119 e. The average molecular weight is 195 g/mol. The molecule has 0 bridgehead atoms. The number of hydrogen-bond donors (Lipinski definition) is 2. The van der Waals surface area contributed by atoms with Crippen molar-refractivity contribution in [3.05, 3.63) is 29.8 Å². The van der Waals surface area contributed by atoms with E-state index in [1.54, 1.807) is 7.05 Å². The first-order valence-corrected chi connectivity index (χ1v) is 4.74. The van der Waals surface area contributed by atoms with Gasteiger partial charge in [0.1, 0.15) is 18.5 Å². The summed E-state index contributed by atoms with van der Waals surface area (Å²) >= 11 is 0. The summed E-state index contributed by atoms with van der Waals surface area (Å²) in [6, 6.07) is 7.78. The van der Waals surface area contributed by atoms with Gasteiger partial charge in [0.25, 0.3) is 0 Å². The Labute approximate surface area is 84.7 Å². The van der Waals surface area contributed by atoms with Crippen molar-refractivity contribution in [2.75, 3.05) is 20.2 Å². The van der Waals surface area contributed by atoms with E-state index >= 15 is 0 Å². The molecule has 0 spiro atoms. The number of hydrogen-bond acceptors (Lipinski definition) is 3. The molecule has 0 heterocycles. The maximum absolute atomic E-state index is 9.38. The molecule has 0 aliphatic carbocycles. The van der Waals surface area contributed by atoms with Crippen molar-refractivity contribution < 1.29 is 9.84 Å². The van der Waals surface area contributed by atoms with Crippen LogP contribution < -0.4 is 10.1 Å². The molecule has 3 heteroatoms. The van der Waals surface area contributed by atoms with Crippen molar-refractivity contribution in [1.29, 1.82) is 0 Å². The minimum atomic E-state index is -0.457. The lowest BCUT2D eigenvalue weighted by Gasteiger charge is -2.11. The van der Waals surface area contributed by atoms with Crippen molar-refractivity contribution in [1.82, 2.24) is 5.32 Å². The summed E-state index contributed by atoms with van der Waals surface area (Å²) in [6.07, 6.45) is -0.457. The Morgan fingerprint density at radius 3 is 2.57 bits per heavy atom. The van der Waals surface area contributed by atoms with Crippen LogP contribution in [0.5, 0.6) is 5.75 Å². The number of aliphatic hydroxyl groups is 1. The lowest BCUT2D eigenvalue weighted by Crippen LogP contribution is -2.29. The number of aliphatic hydroxyl groups excluding tert-OH is 1. The van der Waals surface area contributed by atoms with E-state index in [2.05, 4.69) is 5.32 Å². The molecule has 1 atom stereocenters. The van der Waals surface area contributed by atoms with E-state index in [4.69, 9.17) is 4.74 Å². The Morgan fingerprint density at radius 1 is 1.36 bits per heavy atom. The summed E-state index contributed by atoms with van der Waals surface area (Å²) in [4.78, 5) is 0. The minimum Gasteiger partial charge on any atom is -0.491 e. The van der Waals surface area contributed by atoms with Crippen molar-refractivity contribution in [2.45, 2.75) is 13.0 Å². The van der Waals surface area contributed by atoms with Crippen LogP contribution in [0.1, 0.15) is 5.56 Å². The Kier molecular flexibility index (Phi) is 4.43. The topological polar surface area (TPSA) is 41.5 Å². The quantitative estimate of drug-likeness (QED) is 0.735. The standard InChI is InChI=1S/C11H17NO2/c1-9-3-5-11(6-4-9)14-8-10(13)7-12-2/h3-6,10,12-13H,7-8H2,1-2H3. The molecule has 0 radical (unpaired) electrons. The van der Waals surface area contributed by atoms with Crippen LogP contribution in [0.15, 0.2) is 24.3 Å². The zero-order valence-electron chi connectivity index (χ0n) is 8.66. The van der Waals surface area contributed by atoms with E-state index in [-0.39, 0.29) is 0 Å². The second-order valence-corrected chi connectivity index (χ2v) is 3.34. The fraction of sp³-hybridized carbons (Fsp3) is 0.455. The molecule has 0 aliphatic rings. The molecule has 14 heavy (non-hydrogen) atoms. The Hall–Kier alpha value is -1.06. The van der Waals surface area contributed by atoms with Crippen molar-refractivity contribution in [3.63, 3.8) is 0 Å². The van der Waals surface area contributed by atoms with Crippen LogP contribution in [0.4, 0.5) is 0 Å². The van der Waals surface area contributed by atoms with E-state index < -0.39 is 6.10 Å². The van der Waals surface area contributed by atoms with E-state index in [9.17, 15) is 5.11 Å². The third-order valence-corrected chi connectivity index (χ3v) is 1.90. The molecule has 0 amide bonds. The molecule has 78 valence electrons. The molecule has 1 aromatic rings. The lowest BCUT2D eigenvalue weighted by molar-refractivity contribution is 0.108.